The quantitative estimate of drug-likeness (QED) is 0.176. The highest BCUT2D eigenvalue weighted by molar-refractivity contribution is 5.80. The van der Waals surface area contributed by atoms with E-state index in [0.717, 1.165) is 18.3 Å². The van der Waals surface area contributed by atoms with Gasteiger partial charge in [-0.25, -0.2) is 9.59 Å². The number of carbonyl (C=O) groups is 3. The van der Waals surface area contributed by atoms with E-state index in [4.69, 9.17) is 18.9 Å². The molecule has 5 rings (SSSR count). The Morgan fingerprint density at radius 2 is 1.44 bits per heavy atom. The summed E-state index contributed by atoms with van der Waals surface area (Å²) in [6, 6.07) is 7.55. The van der Waals surface area contributed by atoms with Gasteiger partial charge in [-0.1, -0.05) is 32.9 Å². The Hall–Kier alpha value is -2.57. The first-order valence-electron chi connectivity index (χ1n) is 15.5. The largest absolute Gasteiger partial charge is 0.514 e. The number of hydrogen-bond acceptors (Lipinski definition) is 7. The van der Waals surface area contributed by atoms with Crippen molar-refractivity contribution in [2.24, 2.45) is 29.1 Å². The molecule has 0 N–H and O–H groups in total. The smallest absolute Gasteiger partial charge is 0.456 e. The van der Waals surface area contributed by atoms with Crippen LogP contribution in [0.1, 0.15) is 119 Å². The summed E-state index contributed by atoms with van der Waals surface area (Å²) in [5, 5.41) is 0. The summed E-state index contributed by atoms with van der Waals surface area (Å²) in [6.45, 7) is 17.2. The standard InChI is InChI=1S/C19H30O4.C15H22O3/c1-5-18(2,3)17(21)22-11-16(20)23-19(4)14-7-12-6-13(9-14)10-15(19)8-12;1-6-11(2)12-7-9-13(10-8-12)17-14(16)18-15(3,4)5/h12-15H,5-11H2,1-4H3;7-11H,6H2,1-5H3. The molecule has 4 saturated carbocycles. The molecule has 7 heteroatoms. The van der Waals surface area contributed by atoms with Crippen molar-refractivity contribution in [2.45, 2.75) is 124 Å². The zero-order chi connectivity index (χ0) is 30.6. The zero-order valence-electron chi connectivity index (χ0n) is 26.7. The summed E-state index contributed by atoms with van der Waals surface area (Å²) in [4.78, 5) is 35.7. The maximum atomic E-state index is 12.3. The van der Waals surface area contributed by atoms with Crippen molar-refractivity contribution in [3.8, 4) is 5.75 Å². The van der Waals surface area contributed by atoms with Gasteiger partial charge in [0.15, 0.2) is 6.61 Å². The Morgan fingerprint density at radius 1 is 0.902 bits per heavy atom. The second-order valence-corrected chi connectivity index (χ2v) is 14.2. The molecule has 4 bridgehead atoms. The average molecular weight is 573 g/mol. The van der Waals surface area contributed by atoms with Crippen LogP contribution in [0.4, 0.5) is 4.79 Å². The summed E-state index contributed by atoms with van der Waals surface area (Å²) < 4.78 is 21.3. The fourth-order valence-electron chi connectivity index (χ4n) is 6.49. The Kier molecular flexibility index (Phi) is 10.6. The van der Waals surface area contributed by atoms with Crippen LogP contribution in [0.25, 0.3) is 0 Å². The van der Waals surface area contributed by atoms with Crippen LogP contribution in [0.15, 0.2) is 24.3 Å². The third-order valence-corrected chi connectivity index (χ3v) is 9.50. The van der Waals surface area contributed by atoms with Crippen molar-refractivity contribution in [1.29, 1.82) is 0 Å². The van der Waals surface area contributed by atoms with Gasteiger partial charge in [0.25, 0.3) is 0 Å². The molecule has 41 heavy (non-hydrogen) atoms. The van der Waals surface area contributed by atoms with Gasteiger partial charge in [-0.15, -0.1) is 0 Å². The van der Waals surface area contributed by atoms with Gasteiger partial charge in [0.1, 0.15) is 17.0 Å². The number of ether oxygens (including phenoxy) is 4. The van der Waals surface area contributed by atoms with Crippen LogP contribution in [0.5, 0.6) is 5.75 Å². The lowest BCUT2D eigenvalue weighted by atomic mass is 9.50. The Balaban J connectivity index is 0.000000233. The summed E-state index contributed by atoms with van der Waals surface area (Å²) in [7, 11) is 0. The van der Waals surface area contributed by atoms with E-state index in [-0.39, 0.29) is 24.1 Å². The molecular weight excluding hydrogens is 520 g/mol. The van der Waals surface area contributed by atoms with E-state index in [2.05, 4.69) is 20.8 Å². The van der Waals surface area contributed by atoms with Gasteiger partial charge in [-0.2, -0.15) is 0 Å². The first kappa shape index (κ1) is 32.9. The van der Waals surface area contributed by atoms with E-state index < -0.39 is 17.2 Å². The van der Waals surface area contributed by atoms with Crippen molar-refractivity contribution in [3.05, 3.63) is 29.8 Å². The van der Waals surface area contributed by atoms with Gasteiger partial charge in [-0.05, 0) is 134 Å². The minimum absolute atomic E-state index is 0.260. The molecule has 1 unspecified atom stereocenters. The van der Waals surface area contributed by atoms with Gasteiger partial charge in [0.2, 0.25) is 0 Å². The molecule has 0 saturated heterocycles. The van der Waals surface area contributed by atoms with Gasteiger partial charge in [-0.3, -0.25) is 4.79 Å². The van der Waals surface area contributed by atoms with Crippen molar-refractivity contribution in [3.63, 3.8) is 0 Å². The summed E-state index contributed by atoms with van der Waals surface area (Å²) in [5.41, 5.74) is -0.188. The number of carbonyl (C=O) groups excluding carboxylic acids is 3. The van der Waals surface area contributed by atoms with E-state index in [9.17, 15) is 14.4 Å². The molecule has 0 amide bonds. The Bertz CT molecular complexity index is 1020. The van der Waals surface area contributed by atoms with E-state index in [1.165, 1.54) is 37.7 Å². The normalized spacial score (nSPS) is 27.2. The highest BCUT2D eigenvalue weighted by Gasteiger charge is 2.57. The monoisotopic (exact) mass is 572 g/mol. The average Bonchev–Trinajstić information content (AvgIpc) is 2.89. The second kappa shape index (κ2) is 13.2. The third-order valence-electron chi connectivity index (χ3n) is 9.50. The van der Waals surface area contributed by atoms with Gasteiger partial charge in [0, 0.05) is 0 Å². The lowest BCUT2D eigenvalue weighted by molar-refractivity contribution is -0.208. The first-order chi connectivity index (χ1) is 19.1. The Morgan fingerprint density at radius 3 is 1.90 bits per heavy atom. The molecule has 0 aliphatic heterocycles. The molecule has 1 aromatic carbocycles. The van der Waals surface area contributed by atoms with E-state index in [0.29, 0.717) is 29.9 Å². The molecule has 0 heterocycles. The topological polar surface area (TPSA) is 88.1 Å². The van der Waals surface area contributed by atoms with E-state index in [1.54, 1.807) is 32.9 Å². The minimum atomic E-state index is -0.668. The summed E-state index contributed by atoms with van der Waals surface area (Å²) in [5.74, 6) is 2.97. The molecule has 0 aromatic heterocycles. The van der Waals surface area contributed by atoms with Crippen LogP contribution in [-0.4, -0.2) is 35.9 Å². The molecule has 0 spiro atoms. The molecule has 4 aliphatic rings. The predicted octanol–water partition coefficient (Wildman–Crippen LogP) is 8.24. The molecule has 1 atom stereocenters. The molecule has 0 radical (unpaired) electrons. The van der Waals surface area contributed by atoms with Gasteiger partial charge < -0.3 is 18.9 Å². The highest BCUT2D eigenvalue weighted by Crippen LogP contribution is 2.59. The van der Waals surface area contributed by atoms with Crippen molar-refractivity contribution >= 4 is 18.1 Å². The van der Waals surface area contributed by atoms with Crippen LogP contribution >= 0.6 is 0 Å². The molecule has 4 fully saturated rings. The number of rotatable bonds is 8. The summed E-state index contributed by atoms with van der Waals surface area (Å²) in [6.07, 6.45) is 7.26. The maximum absolute atomic E-state index is 12.3. The van der Waals surface area contributed by atoms with Crippen LogP contribution in [0.2, 0.25) is 0 Å². The van der Waals surface area contributed by atoms with Crippen molar-refractivity contribution in [2.75, 3.05) is 6.61 Å². The molecule has 4 aliphatic carbocycles. The number of benzene rings is 1. The number of esters is 2. The van der Waals surface area contributed by atoms with E-state index in [1.807, 2.05) is 32.9 Å². The van der Waals surface area contributed by atoms with Gasteiger partial charge in [0.05, 0.1) is 5.41 Å². The summed E-state index contributed by atoms with van der Waals surface area (Å²) >= 11 is 0. The minimum Gasteiger partial charge on any atom is -0.456 e. The fraction of sp³-hybridized carbons (Fsp3) is 0.735. The lowest BCUT2D eigenvalue weighted by Gasteiger charge is -2.59. The fourth-order valence-corrected chi connectivity index (χ4v) is 6.49. The Labute approximate surface area is 247 Å². The van der Waals surface area contributed by atoms with E-state index >= 15 is 0 Å². The molecule has 1 aromatic rings. The van der Waals surface area contributed by atoms with Gasteiger partial charge >= 0.3 is 18.1 Å². The SMILES string of the molecule is CCC(C)(C)C(=O)OCC(=O)OC1(C)C2CC3CC(C2)CC1C3.CCC(C)c1ccc(OC(=O)OC(C)(C)C)cc1. The molecule has 230 valence electrons. The maximum Gasteiger partial charge on any atom is 0.514 e. The van der Waals surface area contributed by atoms with Crippen LogP contribution < -0.4 is 4.74 Å². The van der Waals surface area contributed by atoms with Crippen molar-refractivity contribution < 1.29 is 33.3 Å². The third kappa shape index (κ3) is 8.71. The molecular formula is C34H52O7. The number of hydrogen-bond donors (Lipinski definition) is 0. The van der Waals surface area contributed by atoms with Crippen LogP contribution in [0, 0.1) is 29.1 Å². The first-order valence-corrected chi connectivity index (χ1v) is 15.5. The van der Waals surface area contributed by atoms with Crippen LogP contribution in [-0.2, 0) is 23.8 Å². The van der Waals surface area contributed by atoms with Crippen molar-refractivity contribution in [1.82, 2.24) is 0 Å². The molecule has 7 nitrogen and oxygen atoms in total. The second-order valence-electron chi connectivity index (χ2n) is 14.2. The lowest BCUT2D eigenvalue weighted by Crippen LogP contribution is -2.58. The van der Waals surface area contributed by atoms with Crippen LogP contribution in [0.3, 0.4) is 0 Å². The highest BCUT2D eigenvalue weighted by atomic mass is 16.7. The zero-order valence-corrected chi connectivity index (χ0v) is 26.7. The predicted molar refractivity (Wildman–Crippen MR) is 159 cm³/mol.